The van der Waals surface area contributed by atoms with Crippen LogP contribution in [0.5, 0.6) is 0 Å². The van der Waals surface area contributed by atoms with E-state index in [9.17, 15) is 9.59 Å². The van der Waals surface area contributed by atoms with Crippen molar-refractivity contribution < 1.29 is 14.1 Å². The monoisotopic (exact) mass is 401 g/mol. The van der Waals surface area contributed by atoms with Crippen molar-refractivity contribution in [1.82, 2.24) is 5.32 Å². The van der Waals surface area contributed by atoms with Crippen molar-refractivity contribution >= 4 is 11.7 Å². The van der Waals surface area contributed by atoms with Gasteiger partial charge in [-0.05, 0) is 42.6 Å². The highest BCUT2D eigenvalue weighted by molar-refractivity contribution is 5.82. The normalized spacial score (nSPS) is 23.6. The van der Waals surface area contributed by atoms with E-state index in [2.05, 4.69) is 26.1 Å². The van der Waals surface area contributed by atoms with E-state index >= 15 is 0 Å². The highest BCUT2D eigenvalue weighted by Gasteiger charge is 2.35. The van der Waals surface area contributed by atoms with E-state index in [1.807, 2.05) is 51.5 Å². The molecule has 162 valence electrons. The van der Waals surface area contributed by atoms with Crippen molar-refractivity contribution in [2.45, 2.75) is 58.9 Å². The minimum Gasteiger partial charge on any atom is -0.344 e. The first-order chi connectivity index (χ1) is 13.6. The third-order valence-electron chi connectivity index (χ3n) is 6.27. The zero-order valence-electron chi connectivity index (χ0n) is 19.3. The molecule has 4 nitrogen and oxygen atoms in total. The summed E-state index contributed by atoms with van der Waals surface area (Å²) >= 11 is 0. The summed E-state index contributed by atoms with van der Waals surface area (Å²) in [7, 11) is 6.03. The summed E-state index contributed by atoms with van der Waals surface area (Å²) in [6.07, 6.45) is 4.62. The maximum atomic E-state index is 13.2. The number of amides is 1. The number of hydrogen-bond donors (Lipinski definition) is 1. The molecule has 0 heterocycles. The third kappa shape index (κ3) is 7.58. The Morgan fingerprint density at radius 2 is 1.76 bits per heavy atom. The van der Waals surface area contributed by atoms with E-state index in [1.54, 1.807) is 0 Å². The molecule has 1 amide bonds. The van der Waals surface area contributed by atoms with Crippen molar-refractivity contribution in [1.29, 1.82) is 0 Å². The van der Waals surface area contributed by atoms with Gasteiger partial charge in [-0.2, -0.15) is 0 Å². The van der Waals surface area contributed by atoms with Gasteiger partial charge in [0, 0.05) is 12.3 Å². The minimum atomic E-state index is -0.113. The maximum Gasteiger partial charge on any atom is 0.275 e. The molecule has 0 unspecified atom stereocenters. The van der Waals surface area contributed by atoms with Crippen LogP contribution in [0.2, 0.25) is 0 Å². The van der Waals surface area contributed by atoms with Crippen molar-refractivity contribution in [2.75, 3.05) is 27.7 Å². The van der Waals surface area contributed by atoms with Gasteiger partial charge in [0.25, 0.3) is 5.91 Å². The number of ketones is 1. The number of nitrogens with one attached hydrogen (secondary N) is 1. The Morgan fingerprint density at radius 3 is 2.34 bits per heavy atom. The van der Waals surface area contributed by atoms with Gasteiger partial charge in [0.15, 0.2) is 6.54 Å². The second kappa shape index (κ2) is 10.4. The Kier molecular flexibility index (Phi) is 8.45. The van der Waals surface area contributed by atoms with Crippen LogP contribution in [0.15, 0.2) is 30.3 Å². The molecule has 0 radical (unpaired) electrons. The van der Waals surface area contributed by atoms with Gasteiger partial charge in [0.05, 0.1) is 27.2 Å². The van der Waals surface area contributed by atoms with Crippen LogP contribution in [0.3, 0.4) is 0 Å². The minimum absolute atomic E-state index is 0.0325. The molecule has 1 N–H and O–H groups in total. The van der Waals surface area contributed by atoms with E-state index in [4.69, 9.17) is 0 Å². The van der Waals surface area contributed by atoms with E-state index in [-0.39, 0.29) is 17.9 Å². The standard InChI is InChI=1S/C25H40N2O2/c1-18(2)21-13-12-19(3)16-22(21)24(28)15-14-23(20-10-8-7-9-11-20)26-25(29)17-27(4,5)6/h7-11,18-19,21-23H,12-17H2,1-6H3/p+1/t19-,21+,22-,23-/m1/s1. The van der Waals surface area contributed by atoms with Crippen LogP contribution in [-0.2, 0) is 9.59 Å². The summed E-state index contributed by atoms with van der Waals surface area (Å²) in [5.41, 5.74) is 1.08. The molecule has 29 heavy (non-hydrogen) atoms. The van der Waals surface area contributed by atoms with Gasteiger partial charge in [0.2, 0.25) is 0 Å². The summed E-state index contributed by atoms with van der Waals surface area (Å²) in [5.74, 6) is 2.28. The van der Waals surface area contributed by atoms with Gasteiger partial charge in [-0.3, -0.25) is 9.59 Å². The third-order valence-corrected chi connectivity index (χ3v) is 6.27. The maximum absolute atomic E-state index is 13.2. The van der Waals surface area contributed by atoms with Crippen molar-refractivity contribution in [2.24, 2.45) is 23.7 Å². The molecule has 1 fully saturated rings. The number of hydrogen-bond acceptors (Lipinski definition) is 2. The van der Waals surface area contributed by atoms with Gasteiger partial charge in [0.1, 0.15) is 5.78 Å². The molecule has 0 bridgehead atoms. The fourth-order valence-corrected chi connectivity index (χ4v) is 4.72. The topological polar surface area (TPSA) is 46.2 Å². The van der Waals surface area contributed by atoms with Crippen LogP contribution >= 0.6 is 0 Å². The van der Waals surface area contributed by atoms with Gasteiger partial charge in [-0.15, -0.1) is 0 Å². The Morgan fingerprint density at radius 1 is 1.10 bits per heavy atom. The Balaban J connectivity index is 2.06. The second-order valence-electron chi connectivity index (χ2n) is 10.4. The largest absolute Gasteiger partial charge is 0.344 e. The highest BCUT2D eigenvalue weighted by atomic mass is 16.2. The van der Waals surface area contributed by atoms with Gasteiger partial charge >= 0.3 is 0 Å². The quantitative estimate of drug-likeness (QED) is 0.614. The van der Waals surface area contributed by atoms with E-state index in [0.717, 1.165) is 18.4 Å². The molecule has 4 atom stereocenters. The Bertz CT molecular complexity index is 663. The summed E-state index contributed by atoms with van der Waals surface area (Å²) in [4.78, 5) is 25.8. The average Bonchev–Trinajstić information content (AvgIpc) is 2.63. The molecule has 4 heteroatoms. The number of rotatable bonds is 9. The van der Waals surface area contributed by atoms with Gasteiger partial charge in [-0.25, -0.2) is 0 Å². The number of nitrogens with zero attached hydrogens (tertiary/aromatic N) is 1. The summed E-state index contributed by atoms with van der Waals surface area (Å²) in [5, 5.41) is 3.18. The summed E-state index contributed by atoms with van der Waals surface area (Å²) < 4.78 is 0.586. The van der Waals surface area contributed by atoms with Crippen LogP contribution in [0.1, 0.15) is 64.5 Å². The predicted octanol–water partition coefficient (Wildman–Crippen LogP) is 4.61. The first-order valence-electron chi connectivity index (χ1n) is 11.2. The summed E-state index contributed by atoms with van der Waals surface area (Å²) in [6.45, 7) is 7.19. The van der Waals surface area contributed by atoms with Gasteiger partial charge < -0.3 is 9.80 Å². The lowest BCUT2D eigenvalue weighted by Crippen LogP contribution is -2.45. The Hall–Kier alpha value is -1.68. The molecule has 0 aliphatic heterocycles. The number of carbonyl (C=O) groups excluding carboxylic acids is 2. The first kappa shape index (κ1) is 23.6. The molecule has 0 spiro atoms. The molecule has 0 aromatic heterocycles. The molecule has 1 aromatic rings. The number of benzene rings is 1. The van der Waals surface area contributed by atoms with E-state index in [0.29, 0.717) is 47.4 Å². The predicted molar refractivity (Wildman–Crippen MR) is 119 cm³/mol. The lowest BCUT2D eigenvalue weighted by molar-refractivity contribution is -0.862. The molecule has 1 aliphatic carbocycles. The SMILES string of the molecule is CC(C)[C@@H]1CC[C@@H](C)C[C@H]1C(=O)CC[C@@H](NC(=O)C[N+](C)(C)C)c1ccccc1. The first-order valence-corrected chi connectivity index (χ1v) is 11.2. The molecule has 1 aromatic carbocycles. The number of Topliss-reactive ketones (excluding diaryl/α,β-unsaturated/α-hetero) is 1. The zero-order valence-corrected chi connectivity index (χ0v) is 19.3. The van der Waals surface area contributed by atoms with Crippen LogP contribution in [-0.4, -0.2) is 43.9 Å². The molecule has 0 saturated heterocycles. The molecule has 1 saturated carbocycles. The fourth-order valence-electron chi connectivity index (χ4n) is 4.72. The second-order valence-corrected chi connectivity index (χ2v) is 10.4. The number of quaternary nitrogens is 1. The van der Waals surface area contributed by atoms with Crippen molar-refractivity contribution in [3.05, 3.63) is 35.9 Å². The fraction of sp³-hybridized carbons (Fsp3) is 0.680. The molecule has 2 rings (SSSR count). The zero-order chi connectivity index (χ0) is 21.6. The molecule has 1 aliphatic rings. The lowest BCUT2D eigenvalue weighted by Gasteiger charge is -2.36. The highest BCUT2D eigenvalue weighted by Crippen LogP contribution is 2.39. The van der Waals surface area contributed by atoms with Gasteiger partial charge in [-0.1, -0.05) is 57.5 Å². The van der Waals surface area contributed by atoms with Crippen LogP contribution < -0.4 is 5.32 Å². The smallest absolute Gasteiger partial charge is 0.275 e. The van der Waals surface area contributed by atoms with Crippen LogP contribution in [0.25, 0.3) is 0 Å². The van der Waals surface area contributed by atoms with Crippen molar-refractivity contribution in [3.8, 4) is 0 Å². The van der Waals surface area contributed by atoms with Crippen LogP contribution in [0, 0.1) is 23.7 Å². The molecular weight excluding hydrogens is 360 g/mol. The van der Waals surface area contributed by atoms with Crippen LogP contribution in [0.4, 0.5) is 0 Å². The number of carbonyl (C=O) groups is 2. The number of likely N-dealkylation sites (N-methyl/N-ethyl adjacent to an activating group) is 1. The van der Waals surface area contributed by atoms with E-state index in [1.165, 1.54) is 6.42 Å². The summed E-state index contributed by atoms with van der Waals surface area (Å²) in [6, 6.07) is 9.94. The lowest BCUT2D eigenvalue weighted by atomic mass is 9.68. The molecular formula is C25H41N2O2+. The Labute approximate surface area is 177 Å². The van der Waals surface area contributed by atoms with E-state index < -0.39 is 0 Å². The average molecular weight is 402 g/mol. The van der Waals surface area contributed by atoms with Crippen molar-refractivity contribution in [3.63, 3.8) is 0 Å².